The zero-order chi connectivity index (χ0) is 26.5. The van der Waals surface area contributed by atoms with Crippen LogP contribution >= 0.6 is 0 Å². The third-order valence-corrected chi connectivity index (χ3v) is 7.35. The average molecular weight is 513 g/mol. The molecular weight excluding hydrogens is 472 g/mol. The number of amides is 1. The normalized spacial score (nSPS) is 19.6. The Morgan fingerprint density at radius 1 is 0.974 bits per heavy atom. The zero-order valence-corrected chi connectivity index (χ0v) is 22.9. The van der Waals surface area contributed by atoms with Gasteiger partial charge in [-0.15, -0.1) is 0 Å². The van der Waals surface area contributed by atoms with E-state index in [4.69, 9.17) is 4.98 Å². The summed E-state index contributed by atoms with van der Waals surface area (Å²) in [4.78, 5) is 27.3. The summed E-state index contributed by atoms with van der Waals surface area (Å²) in [6.07, 6.45) is 5.42. The van der Waals surface area contributed by atoms with Gasteiger partial charge in [0.2, 0.25) is 5.91 Å². The monoisotopic (exact) mass is 512 g/mol. The van der Waals surface area contributed by atoms with Crippen molar-refractivity contribution in [2.45, 2.75) is 64.7 Å². The molecule has 200 valence electrons. The fourth-order valence-corrected chi connectivity index (χ4v) is 5.60. The molecule has 7 heteroatoms. The van der Waals surface area contributed by atoms with Crippen molar-refractivity contribution < 1.29 is 4.79 Å². The Kier molecular flexibility index (Phi) is 8.35. The average Bonchev–Trinajstić information content (AvgIpc) is 3.34. The molecule has 3 aliphatic heterocycles. The number of benzene rings is 2. The lowest BCUT2D eigenvalue weighted by atomic mass is 10.0. The van der Waals surface area contributed by atoms with Crippen molar-refractivity contribution in [2.24, 2.45) is 0 Å². The van der Waals surface area contributed by atoms with Gasteiger partial charge in [0.15, 0.2) is 0 Å². The van der Waals surface area contributed by atoms with Gasteiger partial charge in [0.05, 0.1) is 11.7 Å². The molecule has 3 aromatic rings. The molecule has 0 unspecified atom stereocenters. The molecule has 1 saturated heterocycles. The van der Waals surface area contributed by atoms with E-state index in [1.165, 1.54) is 16.7 Å². The molecule has 0 spiro atoms. The van der Waals surface area contributed by atoms with E-state index in [9.17, 15) is 4.79 Å². The summed E-state index contributed by atoms with van der Waals surface area (Å²) < 4.78 is 0. The molecule has 0 radical (unpaired) electrons. The number of carbonyl (C=O) groups excluding carboxylic acids is 1. The standard InChI is InChI=1S/C31H40N6O/c1-22(2)34-27-17-24-16-25(18-27)21-37-15-4-6-29(37)31(38)33-12-5-14-36(3)20-23-7-9-26(10-8-23)28-11-13-32-30(19-24)35-28/h7-11,13,16-18,22,29,34H,4-6,12,14-15,19-21H2,1-3H3,(H,33,38)/t29-/m0/s1. The number of hydrogen-bond donors (Lipinski definition) is 2. The van der Waals surface area contributed by atoms with Crippen LogP contribution in [0.5, 0.6) is 0 Å². The molecule has 1 fully saturated rings. The molecular formula is C31H40N6O. The van der Waals surface area contributed by atoms with Crippen LogP contribution in [0, 0.1) is 0 Å². The quantitative estimate of drug-likeness (QED) is 0.528. The summed E-state index contributed by atoms with van der Waals surface area (Å²) in [5.41, 5.74) is 6.80. The molecule has 2 aromatic carbocycles. The summed E-state index contributed by atoms with van der Waals surface area (Å²) in [5.74, 6) is 0.969. The van der Waals surface area contributed by atoms with Crippen LogP contribution in [0.15, 0.2) is 54.7 Å². The van der Waals surface area contributed by atoms with Crippen LogP contribution < -0.4 is 10.6 Å². The van der Waals surface area contributed by atoms with Crippen molar-refractivity contribution in [3.05, 3.63) is 77.2 Å². The highest BCUT2D eigenvalue weighted by Crippen LogP contribution is 2.25. The van der Waals surface area contributed by atoms with Crippen LogP contribution in [0.3, 0.4) is 0 Å². The van der Waals surface area contributed by atoms with Crippen LogP contribution in [0.25, 0.3) is 11.3 Å². The molecule has 7 nitrogen and oxygen atoms in total. The number of rotatable bonds is 2. The largest absolute Gasteiger partial charge is 0.383 e. The smallest absolute Gasteiger partial charge is 0.237 e. The van der Waals surface area contributed by atoms with Gasteiger partial charge in [-0.3, -0.25) is 9.69 Å². The number of carbonyl (C=O) groups is 1. The summed E-state index contributed by atoms with van der Waals surface area (Å²) in [6.45, 7) is 8.53. The number of hydrogen-bond acceptors (Lipinski definition) is 6. The lowest BCUT2D eigenvalue weighted by Crippen LogP contribution is -2.43. The van der Waals surface area contributed by atoms with E-state index in [2.05, 4.69) is 88.8 Å². The first-order chi connectivity index (χ1) is 18.4. The molecule has 38 heavy (non-hydrogen) atoms. The minimum Gasteiger partial charge on any atom is -0.383 e. The Balaban J connectivity index is 1.47. The first-order valence-corrected chi connectivity index (χ1v) is 13.9. The van der Waals surface area contributed by atoms with Crippen molar-refractivity contribution in [1.29, 1.82) is 0 Å². The van der Waals surface area contributed by atoms with Crippen molar-refractivity contribution in [3.63, 3.8) is 0 Å². The fourth-order valence-electron chi connectivity index (χ4n) is 5.60. The van der Waals surface area contributed by atoms with Crippen LogP contribution in [0.1, 0.15) is 55.6 Å². The van der Waals surface area contributed by atoms with Crippen LogP contribution in [0.4, 0.5) is 5.69 Å². The zero-order valence-electron chi connectivity index (χ0n) is 22.9. The second-order valence-corrected chi connectivity index (χ2v) is 11.1. The maximum Gasteiger partial charge on any atom is 0.237 e. The van der Waals surface area contributed by atoms with Gasteiger partial charge in [-0.05, 0) is 88.1 Å². The predicted molar refractivity (Wildman–Crippen MR) is 153 cm³/mol. The van der Waals surface area contributed by atoms with Crippen molar-refractivity contribution in [3.8, 4) is 11.3 Å². The van der Waals surface area contributed by atoms with Crippen LogP contribution in [0.2, 0.25) is 0 Å². The molecule has 6 rings (SSSR count). The number of anilines is 1. The van der Waals surface area contributed by atoms with Gasteiger partial charge in [0, 0.05) is 49.5 Å². The van der Waals surface area contributed by atoms with E-state index in [-0.39, 0.29) is 11.9 Å². The number of nitrogens with zero attached hydrogens (tertiary/aromatic N) is 4. The van der Waals surface area contributed by atoms with Gasteiger partial charge in [0.1, 0.15) is 5.82 Å². The summed E-state index contributed by atoms with van der Waals surface area (Å²) in [7, 11) is 2.14. The highest BCUT2D eigenvalue weighted by Gasteiger charge is 2.30. The van der Waals surface area contributed by atoms with E-state index >= 15 is 0 Å². The first kappa shape index (κ1) is 26.3. The second kappa shape index (κ2) is 12.0. The molecule has 3 aliphatic rings. The minimum atomic E-state index is -0.0645. The maximum absolute atomic E-state index is 13.1. The van der Waals surface area contributed by atoms with Gasteiger partial charge in [-0.1, -0.05) is 30.3 Å². The van der Waals surface area contributed by atoms with Crippen molar-refractivity contribution in [1.82, 2.24) is 25.1 Å². The molecule has 0 saturated carbocycles. The molecule has 4 heterocycles. The van der Waals surface area contributed by atoms with E-state index in [1.807, 2.05) is 12.3 Å². The van der Waals surface area contributed by atoms with E-state index < -0.39 is 0 Å². The Morgan fingerprint density at radius 2 is 1.79 bits per heavy atom. The van der Waals surface area contributed by atoms with E-state index in [0.717, 1.165) is 68.2 Å². The summed E-state index contributed by atoms with van der Waals surface area (Å²) >= 11 is 0. The van der Waals surface area contributed by atoms with Crippen LogP contribution in [-0.2, 0) is 24.3 Å². The highest BCUT2D eigenvalue weighted by atomic mass is 16.2. The van der Waals surface area contributed by atoms with Gasteiger partial charge in [0.25, 0.3) is 0 Å². The third-order valence-electron chi connectivity index (χ3n) is 7.35. The topological polar surface area (TPSA) is 73.4 Å². The molecule has 0 aliphatic carbocycles. The van der Waals surface area contributed by atoms with E-state index in [1.54, 1.807) is 0 Å². The Bertz CT molecular complexity index is 1240. The number of fused-ring (bicyclic) bond motifs is 8. The SMILES string of the molecule is CC(C)Nc1cc2cc(c1)CN1CCC[C@H]1C(=O)NCCCN(C)Cc1ccc(cc1)-c1ccnc(n1)C2. The number of nitrogens with one attached hydrogen (secondary N) is 2. The Morgan fingerprint density at radius 3 is 2.61 bits per heavy atom. The van der Waals surface area contributed by atoms with E-state index in [0.29, 0.717) is 19.0 Å². The fraction of sp³-hybridized carbons (Fsp3) is 0.452. The van der Waals surface area contributed by atoms with Gasteiger partial charge < -0.3 is 15.5 Å². The van der Waals surface area contributed by atoms with Gasteiger partial charge >= 0.3 is 0 Å². The lowest BCUT2D eigenvalue weighted by molar-refractivity contribution is -0.125. The van der Waals surface area contributed by atoms with Gasteiger partial charge in [-0.2, -0.15) is 0 Å². The summed E-state index contributed by atoms with van der Waals surface area (Å²) in [5, 5.41) is 6.79. The van der Waals surface area contributed by atoms with Crippen molar-refractivity contribution >= 4 is 11.6 Å². The molecule has 2 N–H and O–H groups in total. The van der Waals surface area contributed by atoms with Gasteiger partial charge in [-0.25, -0.2) is 9.97 Å². The molecule has 6 bridgehead atoms. The molecule has 1 amide bonds. The van der Waals surface area contributed by atoms with Crippen LogP contribution in [-0.4, -0.2) is 64.4 Å². The first-order valence-electron chi connectivity index (χ1n) is 13.9. The van der Waals surface area contributed by atoms with Crippen molar-refractivity contribution in [2.75, 3.05) is 32.0 Å². The third kappa shape index (κ3) is 6.77. The molecule has 1 atom stereocenters. The molecule has 1 aromatic heterocycles. The lowest BCUT2D eigenvalue weighted by Gasteiger charge is -2.25. The maximum atomic E-state index is 13.1. The Hall–Kier alpha value is -3.29. The second-order valence-electron chi connectivity index (χ2n) is 11.1. The highest BCUT2D eigenvalue weighted by molar-refractivity contribution is 5.82. The Labute approximate surface area is 226 Å². The minimum absolute atomic E-state index is 0.0645. The number of aromatic nitrogens is 2. The summed E-state index contributed by atoms with van der Waals surface area (Å²) in [6, 6.07) is 17.6. The predicted octanol–water partition coefficient (Wildman–Crippen LogP) is 4.47.